The third-order valence-electron chi connectivity index (χ3n) is 4.09. The third-order valence-corrected chi connectivity index (χ3v) is 5.59. The number of amides is 1. The fourth-order valence-electron chi connectivity index (χ4n) is 2.68. The Morgan fingerprint density at radius 2 is 1.77 bits per heavy atom. The molecule has 0 aliphatic heterocycles. The van der Waals surface area contributed by atoms with E-state index < -0.39 is 15.9 Å². The number of aryl methyl sites for hydroxylation is 3. The standard InChI is InChI=1S/C19H23ClN2O3S/c1-13-9-15(3)19(17(20)10-13)21-18(23)12-22(26(4,24)25)11-16-8-6-5-7-14(16)2/h5-10H,11-12H2,1-4H3,(H,21,23). The molecule has 0 unspecified atom stereocenters. The molecule has 2 aromatic carbocycles. The van der Waals surface area contributed by atoms with Crippen LogP contribution in [0.2, 0.25) is 5.02 Å². The van der Waals surface area contributed by atoms with Crippen molar-refractivity contribution in [1.82, 2.24) is 4.31 Å². The van der Waals surface area contributed by atoms with E-state index in [0.717, 1.165) is 32.8 Å². The highest BCUT2D eigenvalue weighted by Crippen LogP contribution is 2.27. The fourth-order valence-corrected chi connectivity index (χ4v) is 3.77. The van der Waals surface area contributed by atoms with Gasteiger partial charge in [-0.15, -0.1) is 0 Å². The van der Waals surface area contributed by atoms with Gasteiger partial charge >= 0.3 is 0 Å². The maximum atomic E-state index is 12.5. The van der Waals surface area contributed by atoms with Crippen LogP contribution in [0.15, 0.2) is 36.4 Å². The number of sulfonamides is 1. The first-order valence-electron chi connectivity index (χ1n) is 8.14. The van der Waals surface area contributed by atoms with E-state index in [1.807, 2.05) is 51.1 Å². The van der Waals surface area contributed by atoms with Gasteiger partial charge in [0.1, 0.15) is 0 Å². The topological polar surface area (TPSA) is 66.5 Å². The maximum Gasteiger partial charge on any atom is 0.239 e. The molecular weight excluding hydrogens is 372 g/mol. The zero-order chi connectivity index (χ0) is 19.5. The zero-order valence-corrected chi connectivity index (χ0v) is 16.9. The Balaban J connectivity index is 2.19. The lowest BCUT2D eigenvalue weighted by Gasteiger charge is -2.21. The van der Waals surface area contributed by atoms with Crippen molar-refractivity contribution >= 4 is 33.2 Å². The molecule has 0 aliphatic carbocycles. The molecule has 26 heavy (non-hydrogen) atoms. The Morgan fingerprint density at radius 1 is 1.12 bits per heavy atom. The molecule has 0 saturated heterocycles. The highest BCUT2D eigenvalue weighted by molar-refractivity contribution is 7.88. The molecule has 0 atom stereocenters. The summed E-state index contributed by atoms with van der Waals surface area (Å²) in [5.74, 6) is -0.433. The van der Waals surface area contributed by atoms with Gasteiger partial charge in [0.05, 0.1) is 23.5 Å². The monoisotopic (exact) mass is 394 g/mol. The first-order valence-corrected chi connectivity index (χ1v) is 10.4. The van der Waals surface area contributed by atoms with E-state index in [9.17, 15) is 13.2 Å². The second kappa shape index (κ2) is 8.20. The Labute approximate surface area is 160 Å². The SMILES string of the molecule is Cc1cc(C)c(NC(=O)CN(Cc2ccccc2C)S(C)(=O)=O)c(Cl)c1. The summed E-state index contributed by atoms with van der Waals surface area (Å²) in [6.45, 7) is 5.52. The molecule has 2 rings (SSSR count). The van der Waals surface area contributed by atoms with E-state index >= 15 is 0 Å². The maximum absolute atomic E-state index is 12.5. The van der Waals surface area contributed by atoms with Crippen LogP contribution in [0.3, 0.4) is 0 Å². The van der Waals surface area contributed by atoms with Gasteiger partial charge in [-0.05, 0) is 49.1 Å². The van der Waals surface area contributed by atoms with Gasteiger partial charge in [-0.1, -0.05) is 41.9 Å². The van der Waals surface area contributed by atoms with Crippen LogP contribution < -0.4 is 5.32 Å². The predicted molar refractivity (Wildman–Crippen MR) is 106 cm³/mol. The van der Waals surface area contributed by atoms with Crippen molar-refractivity contribution in [2.75, 3.05) is 18.1 Å². The molecule has 0 bridgehead atoms. The van der Waals surface area contributed by atoms with Crippen molar-refractivity contribution in [3.8, 4) is 0 Å². The van der Waals surface area contributed by atoms with E-state index in [0.29, 0.717) is 10.7 Å². The largest absolute Gasteiger partial charge is 0.323 e. The smallest absolute Gasteiger partial charge is 0.239 e. The normalized spacial score (nSPS) is 11.6. The first kappa shape index (κ1) is 20.4. The minimum atomic E-state index is -3.55. The molecule has 0 aromatic heterocycles. The number of halogens is 1. The van der Waals surface area contributed by atoms with E-state index in [2.05, 4.69) is 5.32 Å². The van der Waals surface area contributed by atoms with Crippen LogP contribution in [0.5, 0.6) is 0 Å². The molecule has 140 valence electrons. The molecule has 0 radical (unpaired) electrons. The Morgan fingerprint density at radius 3 is 2.35 bits per heavy atom. The van der Waals surface area contributed by atoms with Gasteiger partial charge in [0, 0.05) is 6.54 Å². The number of carbonyl (C=O) groups is 1. The lowest BCUT2D eigenvalue weighted by Crippen LogP contribution is -2.37. The van der Waals surface area contributed by atoms with Gasteiger partial charge in [0.25, 0.3) is 0 Å². The van der Waals surface area contributed by atoms with Gasteiger partial charge in [-0.2, -0.15) is 4.31 Å². The summed E-state index contributed by atoms with van der Waals surface area (Å²) in [5.41, 5.74) is 4.15. The molecular formula is C19H23ClN2O3S. The molecule has 2 aromatic rings. The van der Waals surface area contributed by atoms with Crippen molar-refractivity contribution in [2.45, 2.75) is 27.3 Å². The van der Waals surface area contributed by atoms with E-state index in [4.69, 9.17) is 11.6 Å². The molecule has 0 fully saturated rings. The number of hydrogen-bond donors (Lipinski definition) is 1. The summed E-state index contributed by atoms with van der Waals surface area (Å²) < 4.78 is 25.4. The Kier molecular flexibility index (Phi) is 6.44. The quantitative estimate of drug-likeness (QED) is 0.812. The predicted octanol–water partition coefficient (Wildman–Crippen LogP) is 3.67. The molecule has 0 saturated carbocycles. The van der Waals surface area contributed by atoms with Crippen LogP contribution in [-0.2, 0) is 21.4 Å². The average molecular weight is 395 g/mol. The lowest BCUT2D eigenvalue weighted by molar-refractivity contribution is -0.116. The fraction of sp³-hybridized carbons (Fsp3) is 0.316. The molecule has 7 heteroatoms. The highest BCUT2D eigenvalue weighted by atomic mass is 35.5. The zero-order valence-electron chi connectivity index (χ0n) is 15.3. The minimum Gasteiger partial charge on any atom is -0.323 e. The summed E-state index contributed by atoms with van der Waals surface area (Å²) in [7, 11) is -3.55. The summed E-state index contributed by atoms with van der Waals surface area (Å²) in [6, 6.07) is 11.2. The molecule has 1 N–H and O–H groups in total. The summed E-state index contributed by atoms with van der Waals surface area (Å²) in [4.78, 5) is 12.5. The second-order valence-electron chi connectivity index (χ2n) is 6.44. The van der Waals surface area contributed by atoms with Crippen LogP contribution in [-0.4, -0.2) is 31.4 Å². The van der Waals surface area contributed by atoms with E-state index in [1.165, 1.54) is 0 Å². The Bertz CT molecular complexity index is 903. The molecule has 1 amide bonds. The second-order valence-corrected chi connectivity index (χ2v) is 8.83. The van der Waals surface area contributed by atoms with Gasteiger partial charge in [-0.3, -0.25) is 4.79 Å². The molecule has 5 nitrogen and oxygen atoms in total. The van der Waals surface area contributed by atoms with Crippen LogP contribution in [0.25, 0.3) is 0 Å². The van der Waals surface area contributed by atoms with Crippen molar-refractivity contribution in [3.63, 3.8) is 0 Å². The van der Waals surface area contributed by atoms with Crippen LogP contribution in [0, 0.1) is 20.8 Å². The van der Waals surface area contributed by atoms with Crippen LogP contribution in [0.1, 0.15) is 22.3 Å². The summed E-state index contributed by atoms with van der Waals surface area (Å²) in [6.07, 6.45) is 1.10. The van der Waals surface area contributed by atoms with Crippen LogP contribution in [0.4, 0.5) is 5.69 Å². The van der Waals surface area contributed by atoms with E-state index in [-0.39, 0.29) is 13.1 Å². The highest BCUT2D eigenvalue weighted by Gasteiger charge is 2.22. The number of nitrogens with one attached hydrogen (secondary N) is 1. The van der Waals surface area contributed by atoms with Gasteiger partial charge in [-0.25, -0.2) is 8.42 Å². The van der Waals surface area contributed by atoms with E-state index in [1.54, 1.807) is 6.07 Å². The molecule has 0 heterocycles. The summed E-state index contributed by atoms with van der Waals surface area (Å²) >= 11 is 6.21. The van der Waals surface area contributed by atoms with Gasteiger partial charge in [0.15, 0.2) is 0 Å². The van der Waals surface area contributed by atoms with Gasteiger partial charge < -0.3 is 5.32 Å². The number of anilines is 1. The van der Waals surface area contributed by atoms with Crippen molar-refractivity contribution in [1.29, 1.82) is 0 Å². The first-order chi connectivity index (χ1) is 12.1. The number of hydrogen-bond acceptors (Lipinski definition) is 3. The number of carbonyl (C=O) groups excluding carboxylic acids is 1. The van der Waals surface area contributed by atoms with Crippen LogP contribution >= 0.6 is 11.6 Å². The summed E-state index contributed by atoms with van der Waals surface area (Å²) in [5, 5.41) is 3.16. The number of nitrogens with zero attached hydrogens (tertiary/aromatic N) is 1. The van der Waals surface area contributed by atoms with Crippen molar-refractivity contribution in [3.05, 3.63) is 63.7 Å². The number of benzene rings is 2. The number of rotatable bonds is 6. The third kappa shape index (κ3) is 5.30. The van der Waals surface area contributed by atoms with Gasteiger partial charge in [0.2, 0.25) is 15.9 Å². The lowest BCUT2D eigenvalue weighted by atomic mass is 10.1. The molecule has 0 spiro atoms. The average Bonchev–Trinajstić information content (AvgIpc) is 2.51. The molecule has 0 aliphatic rings. The van der Waals surface area contributed by atoms with Crippen molar-refractivity contribution in [2.24, 2.45) is 0 Å². The van der Waals surface area contributed by atoms with Crippen molar-refractivity contribution < 1.29 is 13.2 Å². The minimum absolute atomic E-state index is 0.138. The Hall–Kier alpha value is -1.89.